The molecule has 0 spiro atoms. The zero-order valence-electron chi connectivity index (χ0n) is 11.4. The van der Waals surface area contributed by atoms with Crippen molar-refractivity contribution in [1.82, 2.24) is 0 Å². The van der Waals surface area contributed by atoms with Crippen LogP contribution in [0.3, 0.4) is 0 Å². The molecular weight excluding hydrogens is 290 g/mol. The van der Waals surface area contributed by atoms with Crippen molar-refractivity contribution in [2.24, 2.45) is 0 Å². The van der Waals surface area contributed by atoms with Gasteiger partial charge in [0.1, 0.15) is 0 Å². The lowest BCUT2D eigenvalue weighted by Crippen LogP contribution is -2.35. The number of halogens is 1. The van der Waals surface area contributed by atoms with Crippen molar-refractivity contribution in [1.29, 1.82) is 0 Å². The van der Waals surface area contributed by atoms with Crippen molar-refractivity contribution in [2.75, 3.05) is 4.90 Å². The van der Waals surface area contributed by atoms with Crippen LogP contribution < -0.4 is 4.90 Å². The van der Waals surface area contributed by atoms with Gasteiger partial charge in [-0.25, -0.2) is 0 Å². The molecule has 2 nitrogen and oxygen atoms in total. The fourth-order valence-corrected chi connectivity index (χ4v) is 3.38. The van der Waals surface area contributed by atoms with Crippen molar-refractivity contribution < 1.29 is 5.11 Å². The Hall–Kier alpha value is -0.540. The van der Waals surface area contributed by atoms with E-state index in [0.29, 0.717) is 12.1 Å². The summed E-state index contributed by atoms with van der Waals surface area (Å²) < 4.78 is 1.03. The van der Waals surface area contributed by atoms with Crippen LogP contribution in [0.2, 0.25) is 0 Å². The Morgan fingerprint density at radius 2 is 2.17 bits per heavy atom. The highest BCUT2D eigenvalue weighted by atomic mass is 79.9. The van der Waals surface area contributed by atoms with Crippen LogP contribution in [0.25, 0.3) is 0 Å². The molecule has 1 aromatic rings. The molecule has 0 aliphatic carbocycles. The van der Waals surface area contributed by atoms with Gasteiger partial charge in [-0.2, -0.15) is 0 Å². The van der Waals surface area contributed by atoms with E-state index >= 15 is 0 Å². The number of hydrogen-bond acceptors (Lipinski definition) is 2. The minimum Gasteiger partial charge on any atom is -0.389 e. The lowest BCUT2D eigenvalue weighted by atomic mass is 10.1. The van der Waals surface area contributed by atoms with E-state index in [4.69, 9.17) is 0 Å². The average Bonchev–Trinajstić information content (AvgIpc) is 2.70. The lowest BCUT2D eigenvalue weighted by Gasteiger charge is -2.33. The lowest BCUT2D eigenvalue weighted by molar-refractivity contribution is 0.199. The van der Waals surface area contributed by atoms with Crippen molar-refractivity contribution >= 4 is 21.6 Å². The summed E-state index contributed by atoms with van der Waals surface area (Å²) in [6.07, 6.45) is 3.24. The number of aliphatic hydroxyl groups is 1. The molecule has 0 radical (unpaired) electrons. The number of rotatable bonds is 3. The third-order valence-electron chi connectivity index (χ3n) is 3.98. The first-order valence-corrected chi connectivity index (χ1v) is 7.59. The molecule has 1 aliphatic rings. The predicted molar refractivity (Wildman–Crippen MR) is 80.0 cm³/mol. The molecule has 1 heterocycles. The Morgan fingerprint density at radius 3 is 2.78 bits per heavy atom. The van der Waals surface area contributed by atoms with E-state index in [-0.39, 0.29) is 0 Å². The minimum absolute atomic E-state index is 0.428. The van der Waals surface area contributed by atoms with Gasteiger partial charge in [0.2, 0.25) is 0 Å². The van der Waals surface area contributed by atoms with Gasteiger partial charge in [0, 0.05) is 27.8 Å². The van der Waals surface area contributed by atoms with Crippen molar-refractivity contribution in [3.8, 4) is 0 Å². The van der Waals surface area contributed by atoms with E-state index in [9.17, 15) is 5.11 Å². The van der Waals surface area contributed by atoms with Crippen LogP contribution in [-0.2, 0) is 0 Å². The van der Waals surface area contributed by atoms with Crippen LogP contribution in [-0.4, -0.2) is 17.2 Å². The normalized spacial score (nSPS) is 25.5. The fourth-order valence-electron chi connectivity index (χ4n) is 3.00. The summed E-state index contributed by atoms with van der Waals surface area (Å²) in [4.78, 5) is 2.49. The highest BCUT2D eigenvalue weighted by Gasteiger charge is 2.31. The molecule has 3 unspecified atom stereocenters. The molecule has 1 saturated heterocycles. The third-order valence-corrected chi connectivity index (χ3v) is 4.47. The van der Waals surface area contributed by atoms with Crippen molar-refractivity contribution in [3.63, 3.8) is 0 Å². The van der Waals surface area contributed by atoms with E-state index in [0.717, 1.165) is 10.0 Å². The standard InChI is InChI=1S/C15H22BrNO/c1-4-13-7-5-10(2)17(13)15-8-6-12(16)9-14(15)11(3)18/h6,8-11,13,18H,4-5,7H2,1-3H3. The average molecular weight is 312 g/mol. The van der Waals surface area contributed by atoms with Gasteiger partial charge in [-0.15, -0.1) is 0 Å². The maximum Gasteiger partial charge on any atom is 0.0782 e. The second-order valence-corrected chi connectivity index (χ2v) is 6.19. The first kappa shape index (κ1) is 13.9. The van der Waals surface area contributed by atoms with Gasteiger partial charge in [-0.3, -0.25) is 0 Å². The Balaban J connectivity index is 2.43. The van der Waals surface area contributed by atoms with Gasteiger partial charge < -0.3 is 10.0 Å². The SMILES string of the molecule is CCC1CCC(C)N1c1ccc(Br)cc1C(C)O. The molecule has 1 aliphatic heterocycles. The highest BCUT2D eigenvalue weighted by molar-refractivity contribution is 9.10. The monoisotopic (exact) mass is 311 g/mol. The van der Waals surface area contributed by atoms with Gasteiger partial charge in [0.25, 0.3) is 0 Å². The zero-order valence-corrected chi connectivity index (χ0v) is 12.9. The van der Waals surface area contributed by atoms with Crippen LogP contribution in [0.5, 0.6) is 0 Å². The van der Waals surface area contributed by atoms with Gasteiger partial charge in [0.15, 0.2) is 0 Å². The summed E-state index contributed by atoms with van der Waals surface area (Å²) in [7, 11) is 0. The van der Waals surface area contributed by atoms with Crippen LogP contribution in [0.15, 0.2) is 22.7 Å². The number of anilines is 1. The fraction of sp³-hybridized carbons (Fsp3) is 0.600. The zero-order chi connectivity index (χ0) is 13.3. The first-order valence-electron chi connectivity index (χ1n) is 6.80. The van der Waals surface area contributed by atoms with E-state index in [1.165, 1.54) is 24.9 Å². The summed E-state index contributed by atoms with van der Waals surface area (Å²) in [5, 5.41) is 9.99. The predicted octanol–water partition coefficient (Wildman–Crippen LogP) is 4.27. The maximum absolute atomic E-state index is 9.99. The molecular formula is C15H22BrNO. The van der Waals surface area contributed by atoms with Gasteiger partial charge in [-0.05, 0) is 51.3 Å². The quantitative estimate of drug-likeness (QED) is 0.901. The van der Waals surface area contributed by atoms with Gasteiger partial charge >= 0.3 is 0 Å². The molecule has 100 valence electrons. The molecule has 2 rings (SSSR count). The Bertz CT molecular complexity index is 419. The van der Waals surface area contributed by atoms with Crippen LogP contribution >= 0.6 is 15.9 Å². The van der Waals surface area contributed by atoms with Crippen LogP contribution in [0.4, 0.5) is 5.69 Å². The maximum atomic E-state index is 9.99. The van der Waals surface area contributed by atoms with Crippen molar-refractivity contribution in [3.05, 3.63) is 28.2 Å². The largest absolute Gasteiger partial charge is 0.389 e. The van der Waals surface area contributed by atoms with E-state index in [1.807, 2.05) is 13.0 Å². The second-order valence-electron chi connectivity index (χ2n) is 5.27. The summed E-state index contributed by atoms with van der Waals surface area (Å²) in [5.41, 5.74) is 2.22. The van der Waals surface area contributed by atoms with Crippen molar-refractivity contribution in [2.45, 2.75) is 58.2 Å². The summed E-state index contributed by atoms with van der Waals surface area (Å²) in [6, 6.07) is 7.42. The molecule has 0 saturated carbocycles. The Labute approximate surface area is 118 Å². The smallest absolute Gasteiger partial charge is 0.0782 e. The topological polar surface area (TPSA) is 23.5 Å². The number of hydrogen-bond donors (Lipinski definition) is 1. The minimum atomic E-state index is -0.428. The molecule has 18 heavy (non-hydrogen) atoms. The molecule has 0 amide bonds. The summed E-state index contributed by atoms with van der Waals surface area (Å²) in [6.45, 7) is 6.37. The van der Waals surface area contributed by atoms with E-state index in [1.54, 1.807) is 0 Å². The molecule has 0 bridgehead atoms. The third kappa shape index (κ3) is 2.57. The molecule has 3 heteroatoms. The van der Waals surface area contributed by atoms with E-state index in [2.05, 4.69) is 46.8 Å². The Morgan fingerprint density at radius 1 is 1.44 bits per heavy atom. The molecule has 3 atom stereocenters. The van der Waals surface area contributed by atoms with Gasteiger partial charge in [0.05, 0.1) is 6.10 Å². The number of nitrogens with zero attached hydrogens (tertiary/aromatic N) is 1. The van der Waals surface area contributed by atoms with Crippen LogP contribution in [0, 0.1) is 0 Å². The highest BCUT2D eigenvalue weighted by Crippen LogP contribution is 2.37. The number of benzene rings is 1. The molecule has 1 fully saturated rings. The Kier molecular flexibility index (Phi) is 4.33. The number of aliphatic hydroxyl groups excluding tert-OH is 1. The first-order chi connectivity index (χ1) is 8.54. The summed E-state index contributed by atoms with van der Waals surface area (Å²) in [5.74, 6) is 0. The van der Waals surface area contributed by atoms with Gasteiger partial charge in [-0.1, -0.05) is 22.9 Å². The van der Waals surface area contributed by atoms with E-state index < -0.39 is 6.10 Å². The van der Waals surface area contributed by atoms with Crippen LogP contribution in [0.1, 0.15) is 51.7 Å². The molecule has 0 aromatic heterocycles. The molecule has 1 N–H and O–H groups in total. The summed E-state index contributed by atoms with van der Waals surface area (Å²) >= 11 is 3.49. The second kappa shape index (κ2) is 5.62. The molecule has 1 aromatic carbocycles.